The molecule has 16 heavy (non-hydrogen) atoms. The van der Waals surface area contributed by atoms with Gasteiger partial charge in [-0.25, -0.2) is 0 Å². The number of aryl methyl sites for hydroxylation is 1. The molecule has 0 spiro atoms. The zero-order valence-electron chi connectivity index (χ0n) is 10.0. The monoisotopic (exact) mass is 334 g/mol. The van der Waals surface area contributed by atoms with Crippen molar-refractivity contribution in [2.45, 2.75) is 52.2 Å². The van der Waals surface area contributed by atoms with Gasteiger partial charge in [-0.15, -0.1) is 0 Å². The van der Waals surface area contributed by atoms with Gasteiger partial charge in [-0.2, -0.15) is 5.10 Å². The van der Waals surface area contributed by atoms with E-state index in [9.17, 15) is 0 Å². The molecule has 1 unspecified atom stereocenters. The summed E-state index contributed by atoms with van der Waals surface area (Å²) < 4.78 is 9.19. The Morgan fingerprint density at radius 3 is 2.81 bits per heavy atom. The molecule has 4 heteroatoms. The van der Waals surface area contributed by atoms with Crippen molar-refractivity contribution in [1.82, 2.24) is 9.78 Å². The molecule has 0 saturated carbocycles. The lowest BCUT2D eigenvalue weighted by molar-refractivity contribution is 0.0931. The molecule has 0 radical (unpaired) electrons. The lowest BCUT2D eigenvalue weighted by atomic mass is 10.2. The summed E-state index contributed by atoms with van der Waals surface area (Å²) >= 11 is 2.42. The van der Waals surface area contributed by atoms with Crippen LogP contribution in [-0.4, -0.2) is 22.5 Å². The standard InChI is InChI=1S/C12H19IN2O/c1-3-10-12(13)11(4-2)15(14-10)8-9-6-5-7-16-9/h9H,3-8H2,1-2H3. The predicted molar refractivity (Wildman–Crippen MR) is 72.7 cm³/mol. The lowest BCUT2D eigenvalue weighted by Crippen LogP contribution is -2.18. The molecule has 0 amide bonds. The van der Waals surface area contributed by atoms with Gasteiger partial charge in [-0.1, -0.05) is 13.8 Å². The van der Waals surface area contributed by atoms with E-state index < -0.39 is 0 Å². The topological polar surface area (TPSA) is 27.1 Å². The van der Waals surface area contributed by atoms with Crippen LogP contribution in [0.4, 0.5) is 0 Å². The first kappa shape index (κ1) is 12.4. The minimum absolute atomic E-state index is 0.380. The number of aromatic nitrogens is 2. The van der Waals surface area contributed by atoms with Crippen LogP contribution in [-0.2, 0) is 24.1 Å². The van der Waals surface area contributed by atoms with Gasteiger partial charge in [0.1, 0.15) is 0 Å². The van der Waals surface area contributed by atoms with Gasteiger partial charge < -0.3 is 4.74 Å². The molecule has 1 fully saturated rings. The van der Waals surface area contributed by atoms with Crippen LogP contribution in [0.2, 0.25) is 0 Å². The first-order valence-electron chi connectivity index (χ1n) is 6.11. The molecule has 1 aromatic rings. The third kappa shape index (κ3) is 2.42. The Balaban J connectivity index is 2.18. The molecule has 0 aromatic carbocycles. The van der Waals surface area contributed by atoms with Crippen LogP contribution in [0.15, 0.2) is 0 Å². The van der Waals surface area contributed by atoms with Crippen LogP contribution in [0.25, 0.3) is 0 Å². The predicted octanol–water partition coefficient (Wildman–Crippen LogP) is 2.79. The van der Waals surface area contributed by atoms with Crippen molar-refractivity contribution in [3.63, 3.8) is 0 Å². The van der Waals surface area contributed by atoms with E-state index in [2.05, 4.69) is 41.1 Å². The molecule has 1 atom stereocenters. The number of hydrogen-bond acceptors (Lipinski definition) is 2. The fourth-order valence-corrected chi connectivity index (χ4v) is 3.37. The quantitative estimate of drug-likeness (QED) is 0.792. The molecule has 0 bridgehead atoms. The number of ether oxygens (including phenoxy) is 1. The first-order valence-corrected chi connectivity index (χ1v) is 7.19. The second-order valence-electron chi connectivity index (χ2n) is 4.23. The Kier molecular flexibility index (Phi) is 4.24. The summed E-state index contributed by atoms with van der Waals surface area (Å²) in [6.07, 6.45) is 4.83. The maximum absolute atomic E-state index is 5.68. The van der Waals surface area contributed by atoms with E-state index in [1.54, 1.807) is 0 Å². The summed E-state index contributed by atoms with van der Waals surface area (Å²) in [5, 5.41) is 4.69. The van der Waals surface area contributed by atoms with Crippen molar-refractivity contribution in [2.24, 2.45) is 0 Å². The van der Waals surface area contributed by atoms with Gasteiger partial charge in [0, 0.05) is 6.61 Å². The molecule has 1 aliphatic heterocycles. The average molecular weight is 334 g/mol. The minimum atomic E-state index is 0.380. The highest BCUT2D eigenvalue weighted by atomic mass is 127. The highest BCUT2D eigenvalue weighted by molar-refractivity contribution is 14.1. The summed E-state index contributed by atoms with van der Waals surface area (Å²) in [6, 6.07) is 0. The van der Waals surface area contributed by atoms with E-state index in [0.717, 1.165) is 26.0 Å². The van der Waals surface area contributed by atoms with Gasteiger partial charge in [0.15, 0.2) is 0 Å². The molecule has 90 valence electrons. The molecule has 0 aliphatic carbocycles. The van der Waals surface area contributed by atoms with Crippen molar-refractivity contribution in [2.75, 3.05) is 6.61 Å². The summed E-state index contributed by atoms with van der Waals surface area (Å²) in [5.41, 5.74) is 2.60. The van der Waals surface area contributed by atoms with Gasteiger partial charge in [0.2, 0.25) is 0 Å². The highest BCUT2D eigenvalue weighted by Crippen LogP contribution is 2.21. The molecule has 0 N–H and O–H groups in total. The third-order valence-electron chi connectivity index (χ3n) is 3.13. The largest absolute Gasteiger partial charge is 0.376 e. The fourth-order valence-electron chi connectivity index (χ4n) is 2.23. The van der Waals surface area contributed by atoms with Crippen molar-refractivity contribution in [1.29, 1.82) is 0 Å². The average Bonchev–Trinajstić information content (AvgIpc) is 2.87. The van der Waals surface area contributed by atoms with E-state index in [0.29, 0.717) is 6.10 Å². The molecule has 2 rings (SSSR count). The maximum Gasteiger partial charge on any atom is 0.0771 e. The number of halogens is 1. The Morgan fingerprint density at radius 1 is 1.44 bits per heavy atom. The van der Waals surface area contributed by atoms with E-state index in [1.807, 2.05) is 0 Å². The molecule has 1 aliphatic rings. The van der Waals surface area contributed by atoms with Crippen LogP contribution in [0, 0.1) is 3.57 Å². The van der Waals surface area contributed by atoms with E-state index >= 15 is 0 Å². The SMILES string of the molecule is CCc1nn(CC2CCCO2)c(CC)c1I. The van der Waals surface area contributed by atoms with Gasteiger partial charge in [-0.3, -0.25) is 4.68 Å². The smallest absolute Gasteiger partial charge is 0.0771 e. The second kappa shape index (κ2) is 5.49. The number of nitrogens with zero attached hydrogens (tertiary/aromatic N) is 2. The van der Waals surface area contributed by atoms with Crippen LogP contribution in [0.3, 0.4) is 0 Å². The number of rotatable bonds is 4. The molecular weight excluding hydrogens is 315 g/mol. The van der Waals surface area contributed by atoms with Gasteiger partial charge >= 0.3 is 0 Å². The molecule has 1 aromatic heterocycles. The van der Waals surface area contributed by atoms with Crippen LogP contribution in [0.1, 0.15) is 38.1 Å². The fraction of sp³-hybridized carbons (Fsp3) is 0.750. The number of hydrogen-bond donors (Lipinski definition) is 0. The second-order valence-corrected chi connectivity index (χ2v) is 5.31. The van der Waals surface area contributed by atoms with Crippen molar-refractivity contribution in [3.8, 4) is 0 Å². The summed E-state index contributed by atoms with van der Waals surface area (Å²) in [4.78, 5) is 0. The Bertz CT molecular complexity index is 356. The molecular formula is C12H19IN2O. The van der Waals surface area contributed by atoms with Crippen LogP contribution in [0.5, 0.6) is 0 Å². The third-order valence-corrected chi connectivity index (χ3v) is 4.38. The van der Waals surface area contributed by atoms with Crippen LogP contribution >= 0.6 is 22.6 Å². The van der Waals surface area contributed by atoms with Crippen LogP contribution < -0.4 is 0 Å². The van der Waals surface area contributed by atoms with Gasteiger partial charge in [0.05, 0.1) is 27.6 Å². The van der Waals surface area contributed by atoms with E-state index in [4.69, 9.17) is 9.84 Å². The minimum Gasteiger partial charge on any atom is -0.376 e. The summed E-state index contributed by atoms with van der Waals surface area (Å²) in [6.45, 7) is 6.22. The van der Waals surface area contributed by atoms with E-state index in [1.165, 1.54) is 27.8 Å². The highest BCUT2D eigenvalue weighted by Gasteiger charge is 2.20. The van der Waals surface area contributed by atoms with Crippen molar-refractivity contribution < 1.29 is 4.74 Å². The Hall–Kier alpha value is -0.100. The first-order chi connectivity index (χ1) is 7.76. The summed E-state index contributed by atoms with van der Waals surface area (Å²) in [7, 11) is 0. The molecule has 3 nitrogen and oxygen atoms in total. The Labute approximate surface area is 111 Å². The zero-order valence-corrected chi connectivity index (χ0v) is 12.2. The molecule has 1 saturated heterocycles. The Morgan fingerprint density at radius 2 is 2.25 bits per heavy atom. The maximum atomic E-state index is 5.68. The normalized spacial score (nSPS) is 20.6. The van der Waals surface area contributed by atoms with Gasteiger partial charge in [0.25, 0.3) is 0 Å². The van der Waals surface area contributed by atoms with Crippen molar-refractivity contribution in [3.05, 3.63) is 15.0 Å². The summed E-state index contributed by atoms with van der Waals surface area (Å²) in [5.74, 6) is 0. The lowest BCUT2D eigenvalue weighted by Gasteiger charge is -2.11. The zero-order chi connectivity index (χ0) is 11.5. The van der Waals surface area contributed by atoms with Gasteiger partial charge in [-0.05, 0) is 48.3 Å². The van der Waals surface area contributed by atoms with E-state index in [-0.39, 0.29) is 0 Å². The van der Waals surface area contributed by atoms with Crippen molar-refractivity contribution >= 4 is 22.6 Å². The molecule has 2 heterocycles.